The number of hydrogen-bond acceptors (Lipinski definition) is 8. The predicted molar refractivity (Wildman–Crippen MR) is 108 cm³/mol. The number of aryl methyl sites for hydroxylation is 1. The molecular weight excluding hydrogens is 394 g/mol. The monoisotopic (exact) mass is 413 g/mol. The van der Waals surface area contributed by atoms with Crippen molar-refractivity contribution in [2.45, 2.75) is 25.7 Å². The summed E-state index contributed by atoms with van der Waals surface area (Å²) in [6.07, 6.45) is 3.11. The van der Waals surface area contributed by atoms with Gasteiger partial charge in [-0.05, 0) is 24.1 Å². The number of nitrogen functional groups attached to an aromatic ring is 1. The highest BCUT2D eigenvalue weighted by atomic mass is 32.1. The number of thiophene rings is 1. The Labute approximate surface area is 168 Å². The molecule has 0 aliphatic rings. The molecule has 4 heterocycles. The van der Waals surface area contributed by atoms with Crippen LogP contribution in [0.3, 0.4) is 0 Å². The zero-order chi connectivity index (χ0) is 20.4. The van der Waals surface area contributed by atoms with Crippen molar-refractivity contribution in [3.63, 3.8) is 0 Å². The Bertz CT molecular complexity index is 1190. The third-order valence-electron chi connectivity index (χ3n) is 4.59. The molecule has 0 aromatic carbocycles. The molecule has 1 unspecified atom stereocenters. The number of nitrogens with two attached hydrogens (primary N) is 1. The Hall–Kier alpha value is -3.54. The molecule has 0 aliphatic carbocycles. The second-order valence-electron chi connectivity index (χ2n) is 6.53. The highest BCUT2D eigenvalue weighted by Crippen LogP contribution is 2.32. The van der Waals surface area contributed by atoms with Crippen LogP contribution in [0.4, 0.5) is 5.95 Å². The summed E-state index contributed by atoms with van der Waals surface area (Å²) >= 11 is 1.40. The molecule has 29 heavy (non-hydrogen) atoms. The molecule has 0 spiro atoms. The van der Waals surface area contributed by atoms with Gasteiger partial charge in [0, 0.05) is 30.0 Å². The van der Waals surface area contributed by atoms with Gasteiger partial charge in [0.05, 0.1) is 10.3 Å². The molecule has 6 N–H and O–H groups in total. The summed E-state index contributed by atoms with van der Waals surface area (Å²) in [7, 11) is 0. The smallest absolute Gasteiger partial charge is 0.262 e. The average molecular weight is 413 g/mol. The number of aromatic nitrogens is 7. The summed E-state index contributed by atoms with van der Waals surface area (Å²) in [5, 5.41) is 17.0. The van der Waals surface area contributed by atoms with E-state index in [4.69, 9.17) is 5.73 Å². The molecule has 0 aliphatic heterocycles. The molecular formula is C17H19N9O2S. The van der Waals surface area contributed by atoms with Gasteiger partial charge in [-0.15, -0.1) is 21.5 Å². The minimum Gasteiger partial charge on any atom is -0.369 e. The van der Waals surface area contributed by atoms with Gasteiger partial charge >= 0.3 is 0 Å². The molecule has 0 fully saturated rings. The summed E-state index contributed by atoms with van der Waals surface area (Å²) in [5.41, 5.74) is 6.57. The van der Waals surface area contributed by atoms with E-state index >= 15 is 0 Å². The zero-order valence-electron chi connectivity index (χ0n) is 15.5. The molecule has 4 aromatic heterocycles. The van der Waals surface area contributed by atoms with E-state index in [9.17, 15) is 9.59 Å². The average Bonchev–Trinajstić information content (AvgIpc) is 3.44. The summed E-state index contributed by atoms with van der Waals surface area (Å²) in [6, 6.07) is 3.70. The first-order chi connectivity index (χ1) is 14.0. The number of nitrogens with one attached hydrogen (secondary N) is 4. The number of carbonyl (C=O) groups excluding carboxylic acids is 1. The van der Waals surface area contributed by atoms with Crippen LogP contribution >= 0.6 is 11.3 Å². The second kappa shape index (κ2) is 7.83. The lowest BCUT2D eigenvalue weighted by Crippen LogP contribution is -2.23. The van der Waals surface area contributed by atoms with Gasteiger partial charge in [-0.2, -0.15) is 10.2 Å². The largest absolute Gasteiger partial charge is 0.369 e. The van der Waals surface area contributed by atoms with Crippen molar-refractivity contribution in [2.24, 2.45) is 0 Å². The van der Waals surface area contributed by atoms with Crippen LogP contribution in [-0.4, -0.2) is 48.0 Å². The van der Waals surface area contributed by atoms with Gasteiger partial charge in [-0.3, -0.25) is 14.6 Å². The first-order valence-electron chi connectivity index (χ1n) is 9.00. The van der Waals surface area contributed by atoms with Crippen molar-refractivity contribution in [1.82, 2.24) is 40.9 Å². The molecule has 1 atom stereocenters. The molecule has 11 nitrogen and oxygen atoms in total. The van der Waals surface area contributed by atoms with E-state index in [1.165, 1.54) is 11.3 Å². The predicted octanol–water partition coefficient (Wildman–Crippen LogP) is 0.922. The van der Waals surface area contributed by atoms with Gasteiger partial charge in [0.2, 0.25) is 5.95 Å². The van der Waals surface area contributed by atoms with Gasteiger partial charge in [0.15, 0.2) is 5.82 Å². The molecule has 12 heteroatoms. The number of carbonyl (C=O) groups is 1. The van der Waals surface area contributed by atoms with Crippen LogP contribution in [0.15, 0.2) is 23.1 Å². The Morgan fingerprint density at radius 2 is 2.24 bits per heavy atom. The highest BCUT2D eigenvalue weighted by molar-refractivity contribution is 7.14. The second-order valence-corrected chi connectivity index (χ2v) is 7.65. The molecule has 0 radical (unpaired) electrons. The maximum absolute atomic E-state index is 12.4. The van der Waals surface area contributed by atoms with Gasteiger partial charge in [0.1, 0.15) is 5.65 Å². The molecule has 4 rings (SSSR count). The quantitative estimate of drug-likeness (QED) is 0.280. The van der Waals surface area contributed by atoms with E-state index in [1.807, 2.05) is 13.0 Å². The zero-order valence-corrected chi connectivity index (χ0v) is 16.3. The first-order valence-corrected chi connectivity index (χ1v) is 9.81. The summed E-state index contributed by atoms with van der Waals surface area (Å²) in [5.74, 6) is 0.474. The third-order valence-corrected chi connectivity index (χ3v) is 5.85. The van der Waals surface area contributed by atoms with Crippen molar-refractivity contribution in [1.29, 1.82) is 0 Å². The van der Waals surface area contributed by atoms with Gasteiger partial charge < -0.3 is 16.0 Å². The van der Waals surface area contributed by atoms with Crippen molar-refractivity contribution >= 4 is 34.2 Å². The van der Waals surface area contributed by atoms with Crippen molar-refractivity contribution in [3.8, 4) is 0 Å². The molecule has 150 valence electrons. The van der Waals surface area contributed by atoms with E-state index in [0.29, 0.717) is 41.1 Å². The van der Waals surface area contributed by atoms with Crippen molar-refractivity contribution in [2.75, 3.05) is 12.3 Å². The molecule has 4 aromatic rings. The number of hydrogen-bond donors (Lipinski definition) is 5. The molecule has 0 saturated carbocycles. The number of anilines is 1. The van der Waals surface area contributed by atoms with E-state index in [2.05, 4.69) is 40.9 Å². The number of rotatable bonds is 7. The van der Waals surface area contributed by atoms with Crippen LogP contribution in [0.2, 0.25) is 0 Å². The van der Waals surface area contributed by atoms with Crippen LogP contribution in [-0.2, 0) is 6.42 Å². The maximum atomic E-state index is 12.4. The Morgan fingerprint density at radius 1 is 1.38 bits per heavy atom. The van der Waals surface area contributed by atoms with E-state index < -0.39 is 0 Å². The number of tetrazole rings is 1. The number of H-pyrrole nitrogens is 3. The Kier molecular flexibility index (Phi) is 5.08. The minimum absolute atomic E-state index is 0.0676. The van der Waals surface area contributed by atoms with Crippen LogP contribution in [0.1, 0.15) is 45.2 Å². The fourth-order valence-corrected chi connectivity index (χ4v) is 4.10. The molecule has 0 bridgehead atoms. The third kappa shape index (κ3) is 3.87. The van der Waals surface area contributed by atoms with Crippen LogP contribution < -0.4 is 16.6 Å². The van der Waals surface area contributed by atoms with Crippen LogP contribution in [0.25, 0.3) is 11.0 Å². The highest BCUT2D eigenvalue weighted by Gasteiger charge is 2.20. The fourth-order valence-electron chi connectivity index (χ4n) is 3.11. The van der Waals surface area contributed by atoms with Crippen LogP contribution in [0.5, 0.6) is 0 Å². The lowest BCUT2D eigenvalue weighted by atomic mass is 10.0. The SMILES string of the molecule is CC(c1ccc(C(=O)NCCCc2nn[nH]n2)s1)c1c[nH]c2nc(N)[nH]c(=O)c12. The molecule has 1 amide bonds. The number of fused-ring (bicyclic) bond motifs is 1. The minimum atomic E-state index is -0.285. The van der Waals surface area contributed by atoms with E-state index in [1.54, 1.807) is 12.3 Å². The van der Waals surface area contributed by atoms with Crippen LogP contribution in [0, 0.1) is 0 Å². The molecule has 0 saturated heterocycles. The van der Waals surface area contributed by atoms with E-state index in [-0.39, 0.29) is 23.3 Å². The van der Waals surface area contributed by atoms with Gasteiger partial charge in [-0.25, -0.2) is 0 Å². The standard InChI is InChI=1S/C17H19N9O2S/c1-8(9-7-20-14-13(9)16(28)22-17(18)21-14)10-4-5-11(29-10)15(27)19-6-2-3-12-23-25-26-24-12/h4-5,7-8H,2-3,6H2,1H3,(H,19,27)(H,23,24,25,26)(H4,18,20,21,22,28). The topological polar surface area (TPSA) is 171 Å². The fraction of sp³-hybridized carbons (Fsp3) is 0.294. The first kappa shape index (κ1) is 18.8. The lowest BCUT2D eigenvalue weighted by Gasteiger charge is -2.07. The summed E-state index contributed by atoms with van der Waals surface area (Å²) in [4.78, 5) is 35.9. The Balaban J connectivity index is 1.43. The Morgan fingerprint density at radius 3 is 3.03 bits per heavy atom. The lowest BCUT2D eigenvalue weighted by molar-refractivity contribution is 0.0957. The maximum Gasteiger partial charge on any atom is 0.262 e. The van der Waals surface area contributed by atoms with E-state index in [0.717, 1.165) is 10.4 Å². The number of nitrogens with zero attached hydrogens (tertiary/aromatic N) is 4. The van der Waals surface area contributed by atoms with Crippen molar-refractivity contribution < 1.29 is 4.79 Å². The van der Waals surface area contributed by atoms with Gasteiger partial charge in [0.25, 0.3) is 11.5 Å². The van der Waals surface area contributed by atoms with Crippen molar-refractivity contribution in [3.05, 3.63) is 49.8 Å². The summed E-state index contributed by atoms with van der Waals surface area (Å²) in [6.45, 7) is 2.50. The normalized spacial score (nSPS) is 12.3. The van der Waals surface area contributed by atoms with Gasteiger partial charge in [-0.1, -0.05) is 12.1 Å². The number of aromatic amines is 3. The summed E-state index contributed by atoms with van der Waals surface area (Å²) < 4.78 is 0. The number of amides is 1.